The highest BCUT2D eigenvalue weighted by molar-refractivity contribution is 5.97. The van der Waals surface area contributed by atoms with Crippen molar-refractivity contribution in [2.24, 2.45) is 21.5 Å². The van der Waals surface area contributed by atoms with Gasteiger partial charge in [0.1, 0.15) is 52.6 Å². The zero-order valence-electron chi connectivity index (χ0n) is 30.1. The number of nitrogen functional groups attached to an aromatic ring is 1. The number of amidine groups is 2. The van der Waals surface area contributed by atoms with Crippen molar-refractivity contribution in [1.29, 1.82) is 0 Å². The van der Waals surface area contributed by atoms with Gasteiger partial charge in [-0.3, -0.25) is 14.4 Å². The van der Waals surface area contributed by atoms with E-state index in [1.807, 2.05) is 6.92 Å². The van der Waals surface area contributed by atoms with Crippen LogP contribution in [-0.4, -0.2) is 63.4 Å². The molecule has 22 nitrogen and oxygen atoms in total. The summed E-state index contributed by atoms with van der Waals surface area (Å²) in [4.78, 5) is 67.3. The van der Waals surface area contributed by atoms with Gasteiger partial charge in [-0.25, -0.2) is 34.9 Å². The Labute approximate surface area is 313 Å². The lowest BCUT2D eigenvalue weighted by atomic mass is 10.3. The van der Waals surface area contributed by atoms with Crippen LogP contribution in [0.3, 0.4) is 0 Å². The van der Waals surface area contributed by atoms with Crippen LogP contribution in [0, 0.1) is 6.92 Å². The zero-order valence-corrected chi connectivity index (χ0v) is 30.1. The molecule has 22 heteroatoms. The molecule has 8 heterocycles. The summed E-state index contributed by atoms with van der Waals surface area (Å²) in [6, 6.07) is 0. The topological polar surface area (TPSA) is 338 Å². The lowest BCUT2D eigenvalue weighted by Gasteiger charge is -2.13. The first-order chi connectivity index (χ1) is 26.1. The number of carbonyl (C=O) groups is 2. The van der Waals surface area contributed by atoms with Crippen LogP contribution in [0.5, 0.6) is 0 Å². The maximum absolute atomic E-state index is 11.1. The fourth-order valence-electron chi connectivity index (χ4n) is 3.69. The third-order valence-electron chi connectivity index (χ3n) is 6.40. The van der Waals surface area contributed by atoms with Crippen LogP contribution in [0.15, 0.2) is 131 Å². The lowest BCUT2D eigenvalue weighted by Crippen LogP contribution is -2.33. The van der Waals surface area contributed by atoms with Crippen LogP contribution in [-0.2, 0) is 9.59 Å². The number of rotatable bonds is 0. The van der Waals surface area contributed by atoms with Crippen LogP contribution in [0.2, 0.25) is 0 Å². The molecule has 0 atom stereocenters. The van der Waals surface area contributed by atoms with E-state index in [9.17, 15) is 14.4 Å². The third kappa shape index (κ3) is 13.7. The fraction of sp³-hybridized carbons (Fsp3) is 0.0909. The van der Waals surface area contributed by atoms with E-state index in [0.29, 0.717) is 74.5 Å². The summed E-state index contributed by atoms with van der Waals surface area (Å²) in [6.07, 6.45) is 14.1. The Bertz CT molecular complexity index is 2320. The SMILES string of the molecule is C=C1N=C(N)C(C)=CN1.C=C1N=C(N)C=CN1.C=C1NC=C(C)C(=O)N1.C=C1NC=CC(=O)N1.Cc1nc2nc[nH]c2c(=O)[nH]1.Nc1ncnc2nc[nH]c12. The lowest BCUT2D eigenvalue weighted by molar-refractivity contribution is -0.117. The van der Waals surface area contributed by atoms with Crippen molar-refractivity contribution in [2.45, 2.75) is 20.8 Å². The molecular formula is C33H41N19O3. The molecule has 0 aliphatic carbocycles. The van der Waals surface area contributed by atoms with Crippen LogP contribution in [0.4, 0.5) is 5.82 Å². The van der Waals surface area contributed by atoms with E-state index in [4.69, 9.17) is 17.2 Å². The number of aromatic nitrogens is 8. The normalized spacial score (nSPS) is 15.0. The summed E-state index contributed by atoms with van der Waals surface area (Å²) in [7, 11) is 0. The van der Waals surface area contributed by atoms with Gasteiger partial charge in [0.05, 0.1) is 12.7 Å². The Morgan fingerprint density at radius 2 is 1.29 bits per heavy atom. The van der Waals surface area contributed by atoms with Crippen molar-refractivity contribution in [3.05, 3.63) is 133 Å². The van der Waals surface area contributed by atoms with Gasteiger partial charge in [0.25, 0.3) is 17.4 Å². The number of aryl methyl sites for hydroxylation is 1. The number of nitrogens with two attached hydrogens (primary N) is 3. The minimum absolute atomic E-state index is 0.0845. The van der Waals surface area contributed by atoms with Gasteiger partial charge < -0.3 is 64.1 Å². The second-order valence-electron chi connectivity index (χ2n) is 10.8. The van der Waals surface area contributed by atoms with Gasteiger partial charge in [-0.05, 0) is 26.8 Å². The molecule has 0 aromatic carbocycles. The number of aliphatic imine (C=N–C) groups is 2. The van der Waals surface area contributed by atoms with Gasteiger partial charge in [-0.15, -0.1) is 0 Å². The summed E-state index contributed by atoms with van der Waals surface area (Å²) in [5, 5.41) is 16.1. The third-order valence-corrected chi connectivity index (χ3v) is 6.40. The van der Waals surface area contributed by atoms with E-state index in [1.165, 1.54) is 25.1 Å². The maximum Gasteiger partial charge on any atom is 0.276 e. The summed E-state index contributed by atoms with van der Waals surface area (Å²) < 4.78 is 0. The standard InChI is InChI=1S/C6H6N4O.C6H9N3.C6H8N2O.C5H5N5.C5H7N3.C5H6N2O/c1-3-9-5-4(6(11)10-3)7-2-8-5;1-4-3-8-5(2)9-6(4)7;1-4-3-7-5(2)8-6(4)9;6-4-3-5(9-1-7-3)10-2-8-4;1-4-7-3-2-5(6)8-4;1-4-6-3-2-5(8)7-4/h2H,1H3,(H2,7,8,9,10,11);3,8H,2H2,1H3,(H2,7,9);3,7H,2H2,1H3,(H,8,9);1-2H,(H3,6,7,8,9,10);2-3,7H,1H2,(H2,6,8);2-3,6H,1H2,(H,7,8). The van der Waals surface area contributed by atoms with E-state index in [2.05, 4.69) is 108 Å². The van der Waals surface area contributed by atoms with E-state index in [0.717, 1.165) is 5.57 Å². The van der Waals surface area contributed by atoms with Crippen LogP contribution >= 0.6 is 0 Å². The monoisotopic (exact) mass is 751 g/mol. The Balaban J connectivity index is 0.000000178. The van der Waals surface area contributed by atoms with Crippen molar-refractivity contribution in [2.75, 3.05) is 5.73 Å². The number of nitrogens with zero attached hydrogens (tertiary/aromatic N) is 7. The van der Waals surface area contributed by atoms with Crippen LogP contribution in [0.1, 0.15) is 19.7 Å². The summed E-state index contributed by atoms with van der Waals surface area (Å²) >= 11 is 0. The Morgan fingerprint density at radius 1 is 0.655 bits per heavy atom. The van der Waals surface area contributed by atoms with Crippen molar-refractivity contribution in [1.82, 2.24) is 71.8 Å². The average Bonchev–Trinajstić information content (AvgIpc) is 3.81. The quantitative estimate of drug-likeness (QED) is 0.112. The molecule has 55 heavy (non-hydrogen) atoms. The fourth-order valence-corrected chi connectivity index (χ4v) is 3.69. The number of H-pyrrole nitrogens is 3. The first kappa shape index (κ1) is 41.1. The molecule has 15 N–H and O–H groups in total. The van der Waals surface area contributed by atoms with E-state index in [-0.39, 0.29) is 17.4 Å². The molecule has 4 aromatic rings. The van der Waals surface area contributed by atoms with Gasteiger partial charge in [0.2, 0.25) is 0 Å². The van der Waals surface area contributed by atoms with Crippen molar-refractivity contribution in [3.63, 3.8) is 0 Å². The average molecular weight is 752 g/mol. The number of nitrogens with one attached hydrogen (secondary N) is 9. The Kier molecular flexibility index (Phi) is 14.9. The number of hydrogen-bond acceptors (Lipinski definition) is 17. The summed E-state index contributed by atoms with van der Waals surface area (Å²) in [5.74, 6) is 4.07. The molecule has 4 aliphatic rings. The minimum atomic E-state index is -0.176. The van der Waals surface area contributed by atoms with Crippen LogP contribution < -0.4 is 54.7 Å². The summed E-state index contributed by atoms with van der Waals surface area (Å²) in [5.41, 5.74) is 19.8. The Hall–Kier alpha value is -8.30. The molecular weight excluding hydrogens is 710 g/mol. The van der Waals surface area contributed by atoms with E-state index < -0.39 is 0 Å². The molecule has 4 aromatic heterocycles. The van der Waals surface area contributed by atoms with Crippen LogP contribution in [0.25, 0.3) is 22.3 Å². The highest BCUT2D eigenvalue weighted by Gasteiger charge is 2.08. The number of aromatic amines is 3. The zero-order chi connectivity index (χ0) is 40.5. The molecule has 0 fully saturated rings. The van der Waals surface area contributed by atoms with Gasteiger partial charge in [-0.2, -0.15) is 0 Å². The molecule has 4 aliphatic heterocycles. The number of fused-ring (bicyclic) bond motifs is 2. The molecule has 2 amide bonds. The molecule has 0 radical (unpaired) electrons. The number of imidazole rings is 2. The molecule has 0 bridgehead atoms. The van der Waals surface area contributed by atoms with Crippen molar-refractivity contribution in [3.8, 4) is 0 Å². The van der Waals surface area contributed by atoms with E-state index in [1.54, 1.807) is 44.7 Å². The first-order valence-electron chi connectivity index (χ1n) is 15.7. The number of anilines is 1. The summed E-state index contributed by atoms with van der Waals surface area (Å²) in [6.45, 7) is 19.4. The minimum Gasteiger partial charge on any atom is -0.384 e. The molecule has 0 unspecified atom stereocenters. The highest BCUT2D eigenvalue weighted by atomic mass is 16.2. The number of amides is 2. The highest BCUT2D eigenvalue weighted by Crippen LogP contribution is 2.09. The Morgan fingerprint density at radius 3 is 1.84 bits per heavy atom. The molecule has 286 valence electrons. The predicted molar refractivity (Wildman–Crippen MR) is 210 cm³/mol. The largest absolute Gasteiger partial charge is 0.384 e. The second kappa shape index (κ2) is 19.9. The maximum atomic E-state index is 11.1. The molecule has 0 saturated heterocycles. The molecule has 0 spiro atoms. The molecule has 0 saturated carbocycles. The number of hydrogen-bond donors (Lipinski definition) is 12. The van der Waals surface area contributed by atoms with Crippen molar-refractivity contribution < 1.29 is 9.59 Å². The number of carbonyl (C=O) groups excluding carboxylic acids is 2. The first-order valence-corrected chi connectivity index (χ1v) is 15.7. The van der Waals surface area contributed by atoms with Crippen molar-refractivity contribution >= 4 is 51.6 Å². The molecule has 8 rings (SSSR count). The van der Waals surface area contributed by atoms with Gasteiger partial charge in [0.15, 0.2) is 22.6 Å². The van der Waals surface area contributed by atoms with Gasteiger partial charge in [-0.1, -0.05) is 26.3 Å². The second-order valence-corrected chi connectivity index (χ2v) is 10.8. The van der Waals surface area contributed by atoms with Gasteiger partial charge in [0, 0.05) is 42.0 Å². The smallest absolute Gasteiger partial charge is 0.276 e. The van der Waals surface area contributed by atoms with E-state index >= 15 is 0 Å². The van der Waals surface area contributed by atoms with Gasteiger partial charge >= 0.3 is 0 Å². The predicted octanol–water partition coefficient (Wildman–Crippen LogP) is -0.0853.